The zero-order valence-electron chi connectivity index (χ0n) is 13.7. The van der Waals surface area contributed by atoms with Crippen LogP contribution in [-0.2, 0) is 12.8 Å². The minimum Gasteiger partial charge on any atom is -0.423 e. The summed E-state index contributed by atoms with van der Waals surface area (Å²) in [6, 6.07) is 11.5. The first-order valence-electron chi connectivity index (χ1n) is 7.71. The first-order chi connectivity index (χ1) is 12.1. The van der Waals surface area contributed by atoms with Crippen LogP contribution in [0.1, 0.15) is 11.1 Å². The van der Waals surface area contributed by atoms with Crippen LogP contribution in [-0.4, -0.2) is 14.8 Å². The molecule has 1 aromatic carbocycles. The first kappa shape index (κ1) is 16.1. The number of thioether (sulfide) groups is 1. The lowest BCUT2D eigenvalue weighted by Crippen LogP contribution is -2.00. The highest BCUT2D eigenvalue weighted by Crippen LogP contribution is 2.29. The second-order valence-electron chi connectivity index (χ2n) is 5.72. The standard InChI is InChI=1S/C18H15N3O2S2/c1-11-5-6-13-12(9-16(22)23-14(13)8-11)10-25-18-20-19-17(21(18)2)15-4-3-7-24-15/h3-9H,10H2,1-2H3. The lowest BCUT2D eigenvalue weighted by molar-refractivity contribution is 0.559. The summed E-state index contributed by atoms with van der Waals surface area (Å²) >= 11 is 3.20. The Hall–Kier alpha value is -2.38. The molecular weight excluding hydrogens is 354 g/mol. The van der Waals surface area contributed by atoms with Gasteiger partial charge < -0.3 is 8.98 Å². The highest BCUT2D eigenvalue weighted by Gasteiger charge is 2.13. The Kier molecular flexibility index (Phi) is 4.19. The molecule has 0 aliphatic rings. The maximum absolute atomic E-state index is 11.8. The summed E-state index contributed by atoms with van der Waals surface area (Å²) in [5.41, 5.74) is 2.30. The minimum absolute atomic E-state index is 0.328. The summed E-state index contributed by atoms with van der Waals surface area (Å²) in [4.78, 5) is 12.9. The smallest absolute Gasteiger partial charge is 0.336 e. The number of aryl methyl sites for hydroxylation is 1. The van der Waals surface area contributed by atoms with Gasteiger partial charge in [0.2, 0.25) is 0 Å². The molecule has 0 spiro atoms. The fourth-order valence-corrected chi connectivity index (χ4v) is 4.31. The predicted molar refractivity (Wildman–Crippen MR) is 101 cm³/mol. The summed E-state index contributed by atoms with van der Waals surface area (Å²) in [6.07, 6.45) is 0. The zero-order valence-corrected chi connectivity index (χ0v) is 15.4. The number of hydrogen-bond donors (Lipinski definition) is 0. The van der Waals surface area contributed by atoms with Gasteiger partial charge in [-0.15, -0.1) is 21.5 Å². The molecule has 7 heteroatoms. The fourth-order valence-electron chi connectivity index (χ4n) is 2.66. The van der Waals surface area contributed by atoms with Gasteiger partial charge in [-0.3, -0.25) is 0 Å². The molecule has 0 fully saturated rings. The van der Waals surface area contributed by atoms with Gasteiger partial charge in [0, 0.05) is 24.3 Å². The molecule has 126 valence electrons. The monoisotopic (exact) mass is 369 g/mol. The lowest BCUT2D eigenvalue weighted by Gasteiger charge is -2.06. The van der Waals surface area contributed by atoms with Crippen LogP contribution in [0.4, 0.5) is 0 Å². The van der Waals surface area contributed by atoms with Crippen molar-refractivity contribution in [1.82, 2.24) is 14.8 Å². The number of thiophene rings is 1. The number of nitrogens with zero attached hydrogens (tertiary/aromatic N) is 3. The van der Waals surface area contributed by atoms with E-state index in [4.69, 9.17) is 4.42 Å². The molecule has 0 aliphatic carbocycles. The Morgan fingerprint density at radius 1 is 1.24 bits per heavy atom. The summed E-state index contributed by atoms with van der Waals surface area (Å²) in [7, 11) is 1.96. The molecule has 0 atom stereocenters. The highest BCUT2D eigenvalue weighted by molar-refractivity contribution is 7.98. The molecule has 3 aromatic heterocycles. The van der Waals surface area contributed by atoms with Gasteiger partial charge in [0.15, 0.2) is 11.0 Å². The third-order valence-electron chi connectivity index (χ3n) is 3.92. The van der Waals surface area contributed by atoms with Gasteiger partial charge in [-0.1, -0.05) is 30.0 Å². The summed E-state index contributed by atoms with van der Waals surface area (Å²) in [5, 5.41) is 12.4. The number of fused-ring (bicyclic) bond motifs is 1. The van der Waals surface area contributed by atoms with Gasteiger partial charge in [0.25, 0.3) is 0 Å². The van der Waals surface area contributed by atoms with Crippen LogP contribution in [0.25, 0.3) is 21.7 Å². The summed E-state index contributed by atoms with van der Waals surface area (Å²) in [6.45, 7) is 1.98. The third kappa shape index (κ3) is 3.12. The Labute approximate surface area is 152 Å². The van der Waals surface area contributed by atoms with Crippen molar-refractivity contribution in [2.45, 2.75) is 17.8 Å². The van der Waals surface area contributed by atoms with E-state index >= 15 is 0 Å². The van der Waals surface area contributed by atoms with E-state index in [2.05, 4.69) is 10.2 Å². The molecule has 0 aliphatic heterocycles. The second-order valence-corrected chi connectivity index (χ2v) is 7.61. The van der Waals surface area contributed by atoms with E-state index in [1.54, 1.807) is 29.2 Å². The first-order valence-corrected chi connectivity index (χ1v) is 9.58. The molecule has 0 amide bonds. The van der Waals surface area contributed by atoms with Crippen LogP contribution < -0.4 is 5.63 Å². The molecule has 0 unspecified atom stereocenters. The Balaban J connectivity index is 1.64. The molecule has 3 heterocycles. The van der Waals surface area contributed by atoms with Gasteiger partial charge in [0.05, 0.1) is 4.88 Å². The molecule has 0 radical (unpaired) electrons. The van der Waals surface area contributed by atoms with Gasteiger partial charge in [-0.05, 0) is 35.6 Å². The molecule has 0 saturated heterocycles. The zero-order chi connectivity index (χ0) is 17.4. The molecule has 4 aromatic rings. The van der Waals surface area contributed by atoms with Crippen molar-refractivity contribution in [3.63, 3.8) is 0 Å². The summed E-state index contributed by atoms with van der Waals surface area (Å²) < 4.78 is 7.30. The number of benzene rings is 1. The summed E-state index contributed by atoms with van der Waals surface area (Å²) in [5.74, 6) is 1.48. The average molecular weight is 369 g/mol. The van der Waals surface area contributed by atoms with Crippen LogP contribution in [0.3, 0.4) is 0 Å². The maximum atomic E-state index is 11.8. The maximum Gasteiger partial charge on any atom is 0.336 e. The van der Waals surface area contributed by atoms with Gasteiger partial charge in [-0.2, -0.15) is 0 Å². The van der Waals surface area contributed by atoms with Gasteiger partial charge in [0.1, 0.15) is 5.58 Å². The average Bonchev–Trinajstić information content (AvgIpc) is 3.21. The number of rotatable bonds is 4. The van der Waals surface area contributed by atoms with E-state index in [0.29, 0.717) is 11.3 Å². The largest absolute Gasteiger partial charge is 0.423 e. The van der Waals surface area contributed by atoms with Crippen LogP contribution in [0.2, 0.25) is 0 Å². The van der Waals surface area contributed by atoms with E-state index in [9.17, 15) is 4.79 Å². The SMILES string of the molecule is Cc1ccc2c(CSc3nnc(-c4cccs4)n3C)cc(=O)oc2c1. The van der Waals surface area contributed by atoms with Crippen LogP contribution in [0.5, 0.6) is 0 Å². The third-order valence-corrected chi connectivity index (χ3v) is 5.85. The highest BCUT2D eigenvalue weighted by atomic mass is 32.2. The van der Waals surface area contributed by atoms with Crippen molar-refractivity contribution in [2.24, 2.45) is 7.05 Å². The van der Waals surface area contributed by atoms with Crippen LogP contribution in [0.15, 0.2) is 56.1 Å². The Morgan fingerprint density at radius 3 is 2.92 bits per heavy atom. The Bertz CT molecular complexity index is 1100. The molecule has 0 saturated carbocycles. The predicted octanol–water partition coefficient (Wildman–Crippen LogP) is 4.25. The normalized spacial score (nSPS) is 11.3. The quantitative estimate of drug-likeness (QED) is 0.397. The molecule has 4 rings (SSSR count). The number of hydrogen-bond acceptors (Lipinski definition) is 6. The van der Waals surface area contributed by atoms with Crippen molar-refractivity contribution >= 4 is 34.1 Å². The molecular formula is C18H15N3O2S2. The van der Waals surface area contributed by atoms with Crippen molar-refractivity contribution in [3.05, 3.63) is 63.3 Å². The fraction of sp³-hybridized carbons (Fsp3) is 0.167. The minimum atomic E-state index is -0.328. The molecule has 25 heavy (non-hydrogen) atoms. The lowest BCUT2D eigenvalue weighted by atomic mass is 10.1. The van der Waals surface area contributed by atoms with E-state index in [-0.39, 0.29) is 5.63 Å². The molecule has 0 bridgehead atoms. The van der Waals surface area contributed by atoms with Crippen LogP contribution >= 0.6 is 23.1 Å². The van der Waals surface area contributed by atoms with E-state index in [0.717, 1.165) is 32.4 Å². The van der Waals surface area contributed by atoms with Crippen molar-refractivity contribution in [3.8, 4) is 10.7 Å². The topological polar surface area (TPSA) is 60.9 Å². The second kappa shape index (κ2) is 6.50. The van der Waals surface area contributed by atoms with E-state index in [1.807, 2.05) is 54.3 Å². The molecule has 5 nitrogen and oxygen atoms in total. The van der Waals surface area contributed by atoms with Crippen molar-refractivity contribution in [2.75, 3.05) is 0 Å². The van der Waals surface area contributed by atoms with Crippen molar-refractivity contribution < 1.29 is 4.42 Å². The van der Waals surface area contributed by atoms with E-state index < -0.39 is 0 Å². The van der Waals surface area contributed by atoms with Crippen LogP contribution in [0, 0.1) is 6.92 Å². The van der Waals surface area contributed by atoms with E-state index in [1.165, 1.54) is 0 Å². The van der Waals surface area contributed by atoms with Gasteiger partial charge >= 0.3 is 5.63 Å². The number of aromatic nitrogens is 3. The van der Waals surface area contributed by atoms with Gasteiger partial charge in [-0.25, -0.2) is 4.79 Å². The molecule has 0 N–H and O–H groups in total. The van der Waals surface area contributed by atoms with Crippen molar-refractivity contribution in [1.29, 1.82) is 0 Å². The Morgan fingerprint density at radius 2 is 2.12 bits per heavy atom.